The molecule has 30 heavy (non-hydrogen) atoms. The fraction of sp³-hybridized carbons (Fsp3) is 1.00. The van der Waals surface area contributed by atoms with Gasteiger partial charge in [0.15, 0.2) is 5.79 Å². The third-order valence-corrected chi connectivity index (χ3v) is 11.9. The van der Waals surface area contributed by atoms with Gasteiger partial charge in [0.05, 0.1) is 18.8 Å². The second-order valence-corrected chi connectivity index (χ2v) is 13.0. The van der Waals surface area contributed by atoms with E-state index in [4.69, 9.17) is 9.47 Å². The maximum absolute atomic E-state index is 11.8. The normalized spacial score (nSPS) is 62.5. The molecule has 4 saturated carbocycles. The maximum Gasteiger partial charge on any atom is 0.171 e. The summed E-state index contributed by atoms with van der Waals surface area (Å²) in [6, 6.07) is 0. The zero-order chi connectivity index (χ0) is 20.9. The van der Waals surface area contributed by atoms with Crippen molar-refractivity contribution in [3.05, 3.63) is 0 Å². The Hall–Kier alpha value is -0.120. The van der Waals surface area contributed by atoms with Crippen LogP contribution in [0.1, 0.15) is 91.9 Å². The molecule has 1 N–H and O–H groups in total. The third kappa shape index (κ3) is 2.49. The Balaban J connectivity index is 1.31. The molecule has 0 aromatic heterocycles. The largest absolute Gasteiger partial charge is 0.390 e. The number of aliphatic hydroxyl groups excluding tert-OH is 1. The van der Waals surface area contributed by atoms with Crippen molar-refractivity contribution < 1.29 is 14.6 Å². The summed E-state index contributed by atoms with van der Waals surface area (Å²) in [5.41, 5.74) is 0.731. The lowest BCUT2D eigenvalue weighted by molar-refractivity contribution is -0.282. The maximum atomic E-state index is 11.8. The second-order valence-electron chi connectivity index (χ2n) is 13.0. The first-order valence-corrected chi connectivity index (χ1v) is 13.3. The van der Waals surface area contributed by atoms with Crippen LogP contribution in [0, 0.1) is 52.3 Å². The lowest BCUT2D eigenvalue weighted by atomic mass is 9.44. The summed E-state index contributed by atoms with van der Waals surface area (Å²) in [4.78, 5) is 0. The van der Waals surface area contributed by atoms with Crippen molar-refractivity contribution in [1.82, 2.24) is 0 Å². The van der Waals surface area contributed by atoms with E-state index in [2.05, 4.69) is 27.7 Å². The number of fused-ring (bicyclic) bond motifs is 7. The fourth-order valence-electron chi connectivity index (χ4n) is 10.3. The number of hydrogen-bond acceptors (Lipinski definition) is 3. The number of hydrogen-bond donors (Lipinski definition) is 1. The van der Waals surface area contributed by atoms with Crippen LogP contribution in [-0.4, -0.2) is 29.7 Å². The minimum Gasteiger partial charge on any atom is -0.390 e. The zero-order valence-corrected chi connectivity index (χ0v) is 19.7. The van der Waals surface area contributed by atoms with Crippen molar-refractivity contribution in [3.8, 4) is 0 Å². The van der Waals surface area contributed by atoms with Crippen molar-refractivity contribution in [2.45, 2.75) is 110 Å². The van der Waals surface area contributed by atoms with Gasteiger partial charge in [-0.15, -0.1) is 0 Å². The van der Waals surface area contributed by atoms with Crippen LogP contribution in [0.25, 0.3) is 0 Å². The van der Waals surface area contributed by atoms with Crippen LogP contribution >= 0.6 is 0 Å². The van der Waals surface area contributed by atoms with Crippen LogP contribution in [0.15, 0.2) is 0 Å². The van der Waals surface area contributed by atoms with Crippen LogP contribution in [0.3, 0.4) is 0 Å². The topological polar surface area (TPSA) is 38.7 Å². The lowest BCUT2D eigenvalue weighted by Gasteiger charge is -2.61. The molecule has 0 unspecified atom stereocenters. The monoisotopic (exact) mass is 416 g/mol. The molecule has 0 radical (unpaired) electrons. The summed E-state index contributed by atoms with van der Waals surface area (Å²) in [6.07, 6.45) is 13.0. The van der Waals surface area contributed by atoms with Crippen LogP contribution < -0.4 is 0 Å². The van der Waals surface area contributed by atoms with Gasteiger partial charge in [-0.2, -0.15) is 0 Å². The third-order valence-electron chi connectivity index (χ3n) is 11.9. The molecule has 6 fully saturated rings. The number of rotatable bonds is 0. The molecule has 2 heterocycles. The predicted molar refractivity (Wildman–Crippen MR) is 118 cm³/mol. The average Bonchev–Trinajstić information content (AvgIpc) is 3.13. The van der Waals surface area contributed by atoms with Crippen molar-refractivity contribution in [1.29, 1.82) is 0 Å². The van der Waals surface area contributed by atoms with Crippen molar-refractivity contribution >= 4 is 0 Å². The van der Waals surface area contributed by atoms with Crippen LogP contribution in [0.2, 0.25) is 0 Å². The van der Waals surface area contributed by atoms with Gasteiger partial charge in [0, 0.05) is 18.3 Å². The Morgan fingerprint density at radius 3 is 2.43 bits per heavy atom. The first kappa shape index (κ1) is 20.5. The van der Waals surface area contributed by atoms with E-state index < -0.39 is 5.79 Å². The average molecular weight is 417 g/mol. The predicted octanol–water partition coefficient (Wildman–Crippen LogP) is 5.79. The number of ether oxygens (including phenoxy) is 2. The molecule has 0 aromatic rings. The zero-order valence-electron chi connectivity index (χ0n) is 19.7. The van der Waals surface area contributed by atoms with Gasteiger partial charge < -0.3 is 14.6 Å². The summed E-state index contributed by atoms with van der Waals surface area (Å²) < 4.78 is 13.2. The Morgan fingerprint density at radius 1 is 0.833 bits per heavy atom. The molecule has 4 aliphatic carbocycles. The molecule has 6 aliphatic rings. The second kappa shape index (κ2) is 6.70. The van der Waals surface area contributed by atoms with Gasteiger partial charge >= 0.3 is 0 Å². The van der Waals surface area contributed by atoms with E-state index in [0.29, 0.717) is 35.0 Å². The first-order valence-electron chi connectivity index (χ1n) is 13.3. The van der Waals surface area contributed by atoms with Gasteiger partial charge in [-0.05, 0) is 85.4 Å². The van der Waals surface area contributed by atoms with E-state index in [1.54, 1.807) is 0 Å². The highest BCUT2D eigenvalue weighted by atomic mass is 16.7. The summed E-state index contributed by atoms with van der Waals surface area (Å²) in [5.74, 6) is 3.91. The molecule has 0 aromatic carbocycles. The van der Waals surface area contributed by atoms with E-state index in [0.717, 1.165) is 24.9 Å². The molecule has 0 bridgehead atoms. The molecule has 1 spiro atoms. The molecular weight excluding hydrogens is 372 g/mol. The van der Waals surface area contributed by atoms with E-state index >= 15 is 0 Å². The summed E-state index contributed by atoms with van der Waals surface area (Å²) in [7, 11) is 0. The van der Waals surface area contributed by atoms with Crippen LogP contribution in [-0.2, 0) is 9.47 Å². The van der Waals surface area contributed by atoms with Gasteiger partial charge in [0.25, 0.3) is 0 Å². The Bertz CT molecular complexity index is 684. The van der Waals surface area contributed by atoms with Crippen LogP contribution in [0.4, 0.5) is 0 Å². The highest BCUT2D eigenvalue weighted by Crippen LogP contribution is 2.71. The Kier molecular flexibility index (Phi) is 4.58. The molecule has 2 saturated heterocycles. The smallest absolute Gasteiger partial charge is 0.171 e. The summed E-state index contributed by atoms with van der Waals surface area (Å²) >= 11 is 0. The number of aliphatic hydroxyl groups is 1. The Labute approximate surface area is 183 Å². The molecular formula is C27H44O3. The van der Waals surface area contributed by atoms with Gasteiger partial charge in [-0.3, -0.25) is 0 Å². The van der Waals surface area contributed by atoms with Gasteiger partial charge in [0.1, 0.15) is 0 Å². The molecule has 0 amide bonds. The first-order chi connectivity index (χ1) is 14.3. The Morgan fingerprint density at radius 2 is 1.67 bits per heavy atom. The minimum absolute atomic E-state index is 0.0148. The standard InChI is InChI=1S/C27H44O3/c1-16-10-14-27(29-15-16)17(2)21-24(30-27)23(28)22-19-9-8-18-7-5-6-12-25(18,3)20(19)11-13-26(21,22)4/h16-24,28H,5-15H2,1-4H3/t16-,17+,18+,19+,20-,21-,22+,23-,24+,25-,26+,27-/m1/s1. The van der Waals surface area contributed by atoms with Gasteiger partial charge in [0.2, 0.25) is 0 Å². The molecule has 12 atom stereocenters. The van der Waals surface area contributed by atoms with Gasteiger partial charge in [-0.1, -0.05) is 40.5 Å². The molecule has 3 heteroatoms. The highest BCUT2D eigenvalue weighted by molar-refractivity contribution is 5.18. The molecule has 170 valence electrons. The fourth-order valence-corrected chi connectivity index (χ4v) is 10.3. The van der Waals surface area contributed by atoms with Crippen molar-refractivity contribution in [3.63, 3.8) is 0 Å². The van der Waals surface area contributed by atoms with Crippen molar-refractivity contribution in [2.24, 2.45) is 52.3 Å². The van der Waals surface area contributed by atoms with Gasteiger partial charge in [-0.25, -0.2) is 0 Å². The minimum atomic E-state index is -0.430. The highest BCUT2D eigenvalue weighted by Gasteiger charge is 2.72. The molecule has 2 aliphatic heterocycles. The molecule has 6 rings (SSSR count). The van der Waals surface area contributed by atoms with E-state index in [1.807, 2.05) is 0 Å². The summed E-state index contributed by atoms with van der Waals surface area (Å²) in [6.45, 7) is 10.6. The quantitative estimate of drug-likeness (QED) is 0.543. The van der Waals surface area contributed by atoms with E-state index in [9.17, 15) is 5.11 Å². The SMILES string of the molecule is C[C@@H]1CC[C@@]2(OC1)O[C@@H]1[C@H](O)[C@@H]3[C@H]4CC[C@@H]5CCCC[C@@]5(C)[C@@H]4CC[C@@]3(C)[C@@H]1[C@@H]2C. The lowest BCUT2D eigenvalue weighted by Crippen LogP contribution is -2.56. The van der Waals surface area contributed by atoms with Crippen LogP contribution in [0.5, 0.6) is 0 Å². The van der Waals surface area contributed by atoms with E-state index in [-0.39, 0.29) is 17.6 Å². The molecule has 3 nitrogen and oxygen atoms in total. The van der Waals surface area contributed by atoms with E-state index in [1.165, 1.54) is 57.8 Å². The van der Waals surface area contributed by atoms with Crippen molar-refractivity contribution in [2.75, 3.05) is 6.61 Å². The summed E-state index contributed by atoms with van der Waals surface area (Å²) in [5, 5.41) is 11.8.